The fourth-order valence-electron chi connectivity index (χ4n) is 1.61. The van der Waals surface area contributed by atoms with Gasteiger partial charge in [-0.25, -0.2) is 0 Å². The number of hydrogen-bond acceptors (Lipinski definition) is 3. The van der Waals surface area contributed by atoms with Crippen LogP contribution in [0.2, 0.25) is 0 Å². The zero-order chi connectivity index (χ0) is 11.5. The van der Waals surface area contributed by atoms with Crippen LogP contribution in [0.5, 0.6) is 0 Å². The summed E-state index contributed by atoms with van der Waals surface area (Å²) in [6.45, 7) is 2.82. The molecule has 1 aromatic heterocycles. The van der Waals surface area contributed by atoms with Crippen molar-refractivity contribution in [2.75, 3.05) is 11.9 Å². The summed E-state index contributed by atoms with van der Waals surface area (Å²) in [6.07, 6.45) is 1.81. The van der Waals surface area contributed by atoms with E-state index in [0.717, 1.165) is 23.1 Å². The molecule has 1 heterocycles. The summed E-state index contributed by atoms with van der Waals surface area (Å²) >= 11 is 0. The minimum Gasteiger partial charge on any atom is -0.325 e. The number of benzene rings is 1. The highest BCUT2D eigenvalue weighted by Crippen LogP contribution is 2.18. The molecule has 0 fully saturated rings. The molecule has 92 valence electrons. The molecule has 0 spiro atoms. The van der Waals surface area contributed by atoms with Crippen LogP contribution in [-0.2, 0) is 11.3 Å². The lowest BCUT2D eigenvalue weighted by Crippen LogP contribution is -2.21. The van der Waals surface area contributed by atoms with E-state index < -0.39 is 0 Å². The molecule has 1 amide bonds. The van der Waals surface area contributed by atoms with Crippen molar-refractivity contribution in [3.05, 3.63) is 24.4 Å². The number of aromatic nitrogens is 2. The number of halogens is 1. The molecule has 17 heavy (non-hydrogen) atoms. The van der Waals surface area contributed by atoms with Gasteiger partial charge < -0.3 is 11.1 Å². The maximum Gasteiger partial charge on any atom is 0.238 e. The summed E-state index contributed by atoms with van der Waals surface area (Å²) in [6, 6.07) is 5.68. The Morgan fingerprint density at radius 2 is 2.29 bits per heavy atom. The molecule has 0 unspecified atom stereocenters. The van der Waals surface area contributed by atoms with Crippen molar-refractivity contribution in [1.29, 1.82) is 0 Å². The van der Waals surface area contributed by atoms with E-state index in [9.17, 15) is 4.79 Å². The van der Waals surface area contributed by atoms with Crippen LogP contribution in [0.1, 0.15) is 6.92 Å². The second kappa shape index (κ2) is 5.65. The van der Waals surface area contributed by atoms with E-state index in [2.05, 4.69) is 10.4 Å². The van der Waals surface area contributed by atoms with Gasteiger partial charge in [0.25, 0.3) is 0 Å². The van der Waals surface area contributed by atoms with Crippen molar-refractivity contribution < 1.29 is 4.79 Å². The normalized spacial score (nSPS) is 10.0. The van der Waals surface area contributed by atoms with Gasteiger partial charge in [0.05, 0.1) is 18.3 Å². The van der Waals surface area contributed by atoms with Gasteiger partial charge in [-0.3, -0.25) is 9.48 Å². The molecular formula is C11H15ClN4O. The minimum absolute atomic E-state index is 0. The second-order valence-corrected chi connectivity index (χ2v) is 3.49. The number of nitrogens with zero attached hydrogens (tertiary/aromatic N) is 2. The van der Waals surface area contributed by atoms with Gasteiger partial charge in [-0.15, -0.1) is 12.4 Å². The molecule has 3 N–H and O–H groups in total. The van der Waals surface area contributed by atoms with Crippen LogP contribution in [0.3, 0.4) is 0 Å². The molecule has 0 radical (unpaired) electrons. The van der Waals surface area contributed by atoms with Crippen molar-refractivity contribution in [3.63, 3.8) is 0 Å². The lowest BCUT2D eigenvalue weighted by Gasteiger charge is -2.04. The zero-order valence-corrected chi connectivity index (χ0v) is 10.3. The summed E-state index contributed by atoms with van der Waals surface area (Å²) in [5.41, 5.74) is 7.00. The number of rotatable bonds is 3. The fourth-order valence-corrected chi connectivity index (χ4v) is 1.61. The lowest BCUT2D eigenvalue weighted by molar-refractivity contribution is -0.114. The number of amides is 1. The molecule has 0 bridgehead atoms. The van der Waals surface area contributed by atoms with Crippen LogP contribution in [-0.4, -0.2) is 22.2 Å². The van der Waals surface area contributed by atoms with Gasteiger partial charge in [-0.2, -0.15) is 5.10 Å². The molecule has 2 aromatic rings. The van der Waals surface area contributed by atoms with E-state index in [-0.39, 0.29) is 24.9 Å². The molecule has 5 nitrogen and oxygen atoms in total. The van der Waals surface area contributed by atoms with E-state index in [0.29, 0.717) is 0 Å². The van der Waals surface area contributed by atoms with Crippen LogP contribution in [0.15, 0.2) is 24.4 Å². The molecule has 0 aliphatic carbocycles. The summed E-state index contributed by atoms with van der Waals surface area (Å²) in [7, 11) is 0. The van der Waals surface area contributed by atoms with Gasteiger partial charge in [-0.05, 0) is 25.1 Å². The molecule has 0 aliphatic heterocycles. The third kappa shape index (κ3) is 2.75. The Morgan fingerprint density at radius 3 is 2.94 bits per heavy atom. The summed E-state index contributed by atoms with van der Waals surface area (Å²) in [4.78, 5) is 11.2. The highest BCUT2D eigenvalue weighted by molar-refractivity contribution is 5.94. The Kier molecular flexibility index (Phi) is 4.48. The van der Waals surface area contributed by atoms with Crippen LogP contribution in [0, 0.1) is 0 Å². The maximum absolute atomic E-state index is 11.2. The first kappa shape index (κ1) is 13.5. The average Bonchev–Trinajstić information content (AvgIpc) is 2.71. The van der Waals surface area contributed by atoms with Gasteiger partial charge in [0.15, 0.2) is 0 Å². The van der Waals surface area contributed by atoms with Gasteiger partial charge >= 0.3 is 0 Å². The number of aryl methyl sites for hydroxylation is 1. The Morgan fingerprint density at radius 1 is 1.53 bits per heavy atom. The van der Waals surface area contributed by atoms with Crippen molar-refractivity contribution >= 4 is 34.9 Å². The molecular weight excluding hydrogens is 240 g/mol. The van der Waals surface area contributed by atoms with Crippen LogP contribution in [0.4, 0.5) is 5.69 Å². The van der Waals surface area contributed by atoms with Crippen molar-refractivity contribution in [2.45, 2.75) is 13.5 Å². The van der Waals surface area contributed by atoms with Crippen LogP contribution >= 0.6 is 12.4 Å². The highest BCUT2D eigenvalue weighted by Gasteiger charge is 2.04. The Hall–Kier alpha value is -1.59. The van der Waals surface area contributed by atoms with E-state index in [1.165, 1.54) is 0 Å². The number of carbonyl (C=O) groups is 1. The Labute approximate surface area is 105 Å². The fraction of sp³-hybridized carbons (Fsp3) is 0.273. The number of anilines is 1. The third-order valence-corrected chi connectivity index (χ3v) is 2.41. The average molecular weight is 255 g/mol. The van der Waals surface area contributed by atoms with Crippen molar-refractivity contribution in [1.82, 2.24) is 9.78 Å². The van der Waals surface area contributed by atoms with E-state index in [1.54, 1.807) is 0 Å². The second-order valence-electron chi connectivity index (χ2n) is 3.49. The summed E-state index contributed by atoms with van der Waals surface area (Å²) in [5, 5.41) is 8.02. The van der Waals surface area contributed by atoms with E-state index >= 15 is 0 Å². The summed E-state index contributed by atoms with van der Waals surface area (Å²) < 4.78 is 1.88. The third-order valence-electron chi connectivity index (χ3n) is 2.41. The monoisotopic (exact) mass is 254 g/mol. The Bertz CT molecular complexity index is 523. The molecule has 0 saturated carbocycles. The van der Waals surface area contributed by atoms with Crippen LogP contribution in [0.25, 0.3) is 10.9 Å². The van der Waals surface area contributed by atoms with Crippen LogP contribution < -0.4 is 11.1 Å². The quantitative estimate of drug-likeness (QED) is 0.869. The number of hydrogen-bond donors (Lipinski definition) is 2. The van der Waals surface area contributed by atoms with Crippen molar-refractivity contribution in [2.24, 2.45) is 5.73 Å². The smallest absolute Gasteiger partial charge is 0.238 e. The van der Waals surface area contributed by atoms with E-state index in [4.69, 9.17) is 5.73 Å². The predicted octanol–water partition coefficient (Wildman–Crippen LogP) is 1.38. The number of nitrogens with one attached hydrogen (secondary N) is 1. The van der Waals surface area contributed by atoms with Crippen molar-refractivity contribution in [3.8, 4) is 0 Å². The molecule has 0 saturated heterocycles. The molecule has 0 aliphatic rings. The largest absolute Gasteiger partial charge is 0.325 e. The minimum atomic E-state index is -0.193. The topological polar surface area (TPSA) is 72.9 Å². The summed E-state index contributed by atoms with van der Waals surface area (Å²) in [5.74, 6) is -0.193. The zero-order valence-electron chi connectivity index (χ0n) is 9.51. The highest BCUT2D eigenvalue weighted by atomic mass is 35.5. The number of nitrogens with two attached hydrogens (primary N) is 1. The first-order valence-electron chi connectivity index (χ1n) is 5.20. The van der Waals surface area contributed by atoms with Gasteiger partial charge in [0.2, 0.25) is 5.91 Å². The number of carbonyl (C=O) groups excluding carboxylic acids is 1. The first-order valence-corrected chi connectivity index (χ1v) is 5.20. The molecule has 1 aromatic carbocycles. The van der Waals surface area contributed by atoms with Gasteiger partial charge in [0, 0.05) is 17.6 Å². The predicted molar refractivity (Wildman–Crippen MR) is 70.3 cm³/mol. The maximum atomic E-state index is 11.2. The SMILES string of the molecule is CCn1ncc2ccc(NC(=O)CN)cc21.Cl. The van der Waals surface area contributed by atoms with Gasteiger partial charge in [-0.1, -0.05) is 0 Å². The lowest BCUT2D eigenvalue weighted by atomic mass is 10.2. The number of fused-ring (bicyclic) bond motifs is 1. The standard InChI is InChI=1S/C11H14N4O.ClH/c1-2-15-10-5-9(14-11(16)6-12)4-3-8(10)7-13-15;/h3-5,7H,2,6,12H2,1H3,(H,14,16);1H. The molecule has 2 rings (SSSR count). The first-order chi connectivity index (χ1) is 7.74. The molecule has 0 atom stereocenters. The van der Waals surface area contributed by atoms with Gasteiger partial charge in [0.1, 0.15) is 0 Å². The Balaban J connectivity index is 0.00000144. The molecule has 6 heteroatoms. The van der Waals surface area contributed by atoms with E-state index in [1.807, 2.05) is 36.0 Å².